The molecule has 0 atom stereocenters. The maximum atomic E-state index is 12.2. The van der Waals surface area contributed by atoms with E-state index in [1.165, 1.54) is 18.0 Å². The van der Waals surface area contributed by atoms with Crippen LogP contribution >= 0.6 is 0 Å². The molecule has 1 heterocycles. The van der Waals surface area contributed by atoms with E-state index in [-0.39, 0.29) is 17.4 Å². The minimum Gasteiger partial charge on any atom is -0.496 e. The van der Waals surface area contributed by atoms with Crippen molar-refractivity contribution in [3.63, 3.8) is 0 Å². The van der Waals surface area contributed by atoms with Crippen LogP contribution in [0.15, 0.2) is 35.6 Å². The topological polar surface area (TPSA) is 99.2 Å². The lowest BCUT2D eigenvalue weighted by Crippen LogP contribution is -2.26. The Bertz CT molecular complexity index is 690. The van der Waals surface area contributed by atoms with Gasteiger partial charge < -0.3 is 15.0 Å². The lowest BCUT2D eigenvalue weighted by atomic mass is 10.2. The van der Waals surface area contributed by atoms with Crippen LogP contribution in [0.25, 0.3) is 0 Å². The third-order valence-corrected chi connectivity index (χ3v) is 4.34. The van der Waals surface area contributed by atoms with Crippen LogP contribution in [0.3, 0.4) is 0 Å². The van der Waals surface area contributed by atoms with Crippen molar-refractivity contribution in [3.8, 4) is 5.75 Å². The summed E-state index contributed by atoms with van der Waals surface area (Å²) in [7, 11) is -0.627. The molecule has 0 amide bonds. The molecule has 0 aliphatic carbocycles. The Morgan fingerprint density at radius 3 is 2.70 bits per heavy atom. The third-order valence-electron chi connectivity index (χ3n) is 2.81. The number of anilines is 1. The second kappa shape index (κ2) is 5.51. The van der Waals surface area contributed by atoms with Gasteiger partial charge in [0.15, 0.2) is 10.8 Å². The normalized spacial score (nSPS) is 11.5. The first-order valence-corrected chi connectivity index (χ1v) is 7.32. The summed E-state index contributed by atoms with van der Waals surface area (Å²) in [6.45, 7) is 0.108. The third kappa shape index (κ3) is 2.75. The van der Waals surface area contributed by atoms with Crippen molar-refractivity contribution in [1.82, 2.24) is 14.3 Å². The molecule has 0 unspecified atom stereocenters. The highest BCUT2D eigenvalue weighted by Crippen LogP contribution is 2.19. The SMILES string of the molecule is COc1ccccc1CNS(=O)(=O)c1c(N)ncn1C. The van der Waals surface area contributed by atoms with Gasteiger partial charge in [-0.25, -0.2) is 18.1 Å². The number of sulfonamides is 1. The number of nitrogens with two attached hydrogens (primary N) is 1. The number of hydrogen-bond donors (Lipinski definition) is 2. The molecule has 2 aromatic rings. The zero-order valence-electron chi connectivity index (χ0n) is 11.2. The van der Waals surface area contributed by atoms with Crippen LogP contribution in [-0.4, -0.2) is 25.1 Å². The number of methoxy groups -OCH3 is 1. The lowest BCUT2D eigenvalue weighted by molar-refractivity contribution is 0.409. The van der Waals surface area contributed by atoms with E-state index in [1.54, 1.807) is 19.2 Å². The number of aromatic nitrogens is 2. The van der Waals surface area contributed by atoms with Crippen LogP contribution in [0.1, 0.15) is 5.56 Å². The van der Waals surface area contributed by atoms with E-state index in [1.807, 2.05) is 12.1 Å². The largest absolute Gasteiger partial charge is 0.496 e. The standard InChI is InChI=1S/C12H16N4O3S/c1-16-8-14-11(13)12(16)20(17,18)15-7-9-5-3-4-6-10(9)19-2/h3-6,8,15H,7,13H2,1-2H3. The fourth-order valence-electron chi connectivity index (χ4n) is 1.85. The zero-order chi connectivity index (χ0) is 14.8. The summed E-state index contributed by atoms with van der Waals surface area (Å²) in [6, 6.07) is 7.18. The maximum absolute atomic E-state index is 12.2. The molecule has 0 radical (unpaired) electrons. The van der Waals surface area contributed by atoms with Gasteiger partial charge >= 0.3 is 0 Å². The molecular formula is C12H16N4O3S. The molecule has 20 heavy (non-hydrogen) atoms. The van der Waals surface area contributed by atoms with Gasteiger partial charge in [0.05, 0.1) is 13.4 Å². The first-order valence-electron chi connectivity index (χ1n) is 5.84. The number of benzene rings is 1. The van der Waals surface area contributed by atoms with Gasteiger partial charge in [0.2, 0.25) is 0 Å². The minimum atomic E-state index is -3.73. The minimum absolute atomic E-state index is 0.0278. The Balaban J connectivity index is 2.22. The van der Waals surface area contributed by atoms with Crippen molar-refractivity contribution in [2.75, 3.05) is 12.8 Å². The van der Waals surface area contributed by atoms with E-state index >= 15 is 0 Å². The van der Waals surface area contributed by atoms with E-state index in [9.17, 15) is 8.42 Å². The van der Waals surface area contributed by atoms with Gasteiger partial charge in [-0.05, 0) is 6.07 Å². The van der Waals surface area contributed by atoms with Crippen LogP contribution in [0.2, 0.25) is 0 Å². The number of para-hydroxylation sites is 1. The van der Waals surface area contributed by atoms with Crippen molar-refractivity contribution < 1.29 is 13.2 Å². The van der Waals surface area contributed by atoms with Gasteiger partial charge in [-0.1, -0.05) is 18.2 Å². The quantitative estimate of drug-likeness (QED) is 0.836. The summed E-state index contributed by atoms with van der Waals surface area (Å²) >= 11 is 0. The van der Waals surface area contributed by atoms with E-state index < -0.39 is 10.0 Å². The van der Waals surface area contributed by atoms with Crippen molar-refractivity contribution >= 4 is 15.8 Å². The molecule has 1 aromatic heterocycles. The average Bonchev–Trinajstić information content (AvgIpc) is 2.77. The first-order chi connectivity index (χ1) is 9.45. The van der Waals surface area contributed by atoms with Gasteiger partial charge in [-0.2, -0.15) is 0 Å². The molecule has 0 bridgehead atoms. The van der Waals surface area contributed by atoms with Gasteiger partial charge in [-0.15, -0.1) is 0 Å². The van der Waals surface area contributed by atoms with Crippen LogP contribution in [0.5, 0.6) is 5.75 Å². The molecule has 0 spiro atoms. The molecule has 8 heteroatoms. The molecule has 2 rings (SSSR count). The summed E-state index contributed by atoms with van der Waals surface area (Å²) in [5, 5.41) is -0.0487. The second-order valence-corrected chi connectivity index (χ2v) is 5.86. The first kappa shape index (κ1) is 14.4. The van der Waals surface area contributed by atoms with Crippen molar-refractivity contribution in [2.24, 2.45) is 7.05 Å². The zero-order valence-corrected chi connectivity index (χ0v) is 12.0. The van der Waals surface area contributed by atoms with Gasteiger partial charge in [0.1, 0.15) is 5.75 Å². The number of aryl methyl sites for hydroxylation is 1. The van der Waals surface area contributed by atoms with Crippen LogP contribution in [-0.2, 0) is 23.6 Å². The monoisotopic (exact) mass is 296 g/mol. The number of rotatable bonds is 5. The predicted octanol–water partition coefficient (Wildman–Crippen LogP) is 0.489. The fourth-order valence-corrected chi connectivity index (χ4v) is 3.09. The lowest BCUT2D eigenvalue weighted by Gasteiger charge is -2.10. The summed E-state index contributed by atoms with van der Waals surface area (Å²) in [6.07, 6.45) is 1.35. The van der Waals surface area contributed by atoms with Gasteiger partial charge in [0, 0.05) is 19.2 Å². The maximum Gasteiger partial charge on any atom is 0.260 e. The Morgan fingerprint density at radius 2 is 2.10 bits per heavy atom. The fraction of sp³-hybridized carbons (Fsp3) is 0.250. The number of nitrogens with zero attached hydrogens (tertiary/aromatic N) is 2. The average molecular weight is 296 g/mol. The Hall–Kier alpha value is -2.06. The number of nitrogens with one attached hydrogen (secondary N) is 1. The molecule has 3 N–H and O–H groups in total. The summed E-state index contributed by atoms with van der Waals surface area (Å²) in [5.74, 6) is 0.591. The van der Waals surface area contributed by atoms with Crippen LogP contribution in [0, 0.1) is 0 Å². The van der Waals surface area contributed by atoms with E-state index in [2.05, 4.69) is 9.71 Å². The molecule has 0 saturated heterocycles. The summed E-state index contributed by atoms with van der Waals surface area (Å²) in [5.41, 5.74) is 6.31. The highest BCUT2D eigenvalue weighted by molar-refractivity contribution is 7.89. The van der Waals surface area contributed by atoms with Crippen molar-refractivity contribution in [3.05, 3.63) is 36.2 Å². The molecule has 0 aliphatic rings. The number of hydrogen-bond acceptors (Lipinski definition) is 5. The second-order valence-electron chi connectivity index (χ2n) is 4.18. The molecular weight excluding hydrogens is 280 g/mol. The summed E-state index contributed by atoms with van der Waals surface area (Å²) in [4.78, 5) is 3.77. The Morgan fingerprint density at radius 1 is 1.40 bits per heavy atom. The van der Waals surface area contributed by atoms with E-state index in [0.717, 1.165) is 5.56 Å². The van der Waals surface area contributed by atoms with Crippen molar-refractivity contribution in [2.45, 2.75) is 11.6 Å². The molecule has 0 aliphatic heterocycles. The van der Waals surface area contributed by atoms with E-state index in [0.29, 0.717) is 5.75 Å². The van der Waals surface area contributed by atoms with E-state index in [4.69, 9.17) is 10.5 Å². The molecule has 1 aromatic carbocycles. The predicted molar refractivity (Wildman–Crippen MR) is 74.6 cm³/mol. The van der Waals surface area contributed by atoms with Crippen LogP contribution < -0.4 is 15.2 Å². The molecule has 108 valence electrons. The van der Waals surface area contributed by atoms with Gasteiger partial charge in [0.25, 0.3) is 10.0 Å². The van der Waals surface area contributed by atoms with Crippen LogP contribution in [0.4, 0.5) is 5.82 Å². The summed E-state index contributed by atoms with van der Waals surface area (Å²) < 4.78 is 33.4. The molecule has 7 nitrogen and oxygen atoms in total. The smallest absolute Gasteiger partial charge is 0.260 e. The van der Waals surface area contributed by atoms with Crippen molar-refractivity contribution in [1.29, 1.82) is 0 Å². The number of imidazole rings is 1. The number of nitrogen functional groups attached to an aromatic ring is 1. The highest BCUT2D eigenvalue weighted by atomic mass is 32.2. The number of ether oxygens (including phenoxy) is 1. The Labute approximate surface area is 117 Å². The molecule has 0 fully saturated rings. The van der Waals surface area contributed by atoms with Gasteiger partial charge in [-0.3, -0.25) is 0 Å². The molecule has 0 saturated carbocycles. The Kier molecular flexibility index (Phi) is 3.96. The highest BCUT2D eigenvalue weighted by Gasteiger charge is 2.22.